The summed E-state index contributed by atoms with van der Waals surface area (Å²) >= 11 is 3.46. The van der Waals surface area contributed by atoms with Gasteiger partial charge in [0.15, 0.2) is 0 Å². The van der Waals surface area contributed by atoms with Crippen LogP contribution in [-0.2, 0) is 11.3 Å². The molecule has 1 unspecified atom stereocenters. The van der Waals surface area contributed by atoms with E-state index in [1.807, 2.05) is 31.2 Å². The number of carbonyl (C=O) groups excluding carboxylic acids is 1. The van der Waals surface area contributed by atoms with Gasteiger partial charge in [-0.3, -0.25) is 4.79 Å². The fraction of sp³-hybridized carbons (Fsp3) is 0.429. The first-order valence-electron chi connectivity index (χ1n) is 5.98. The lowest BCUT2D eigenvalue weighted by Crippen LogP contribution is -2.32. The van der Waals surface area contributed by atoms with Crippen LogP contribution in [0.4, 0.5) is 0 Å². The van der Waals surface area contributed by atoms with Crippen molar-refractivity contribution in [3.63, 3.8) is 0 Å². The van der Waals surface area contributed by atoms with Gasteiger partial charge < -0.3 is 4.90 Å². The van der Waals surface area contributed by atoms with Crippen LogP contribution in [0.15, 0.2) is 28.7 Å². The Bertz CT molecular complexity index is 453. The molecule has 1 aromatic rings. The molecule has 0 saturated heterocycles. The second-order valence-corrected chi connectivity index (χ2v) is 5.11. The summed E-state index contributed by atoms with van der Waals surface area (Å²) in [6.07, 6.45) is 1.46. The lowest BCUT2D eigenvalue weighted by molar-refractivity contribution is -0.133. The van der Waals surface area contributed by atoms with E-state index in [0.717, 1.165) is 16.5 Å². The molecule has 0 spiro atoms. The zero-order valence-electron chi connectivity index (χ0n) is 10.7. The number of nitrogens with zero attached hydrogens (tertiary/aromatic N) is 2. The molecule has 1 atom stereocenters. The van der Waals surface area contributed by atoms with Crippen molar-refractivity contribution in [1.82, 2.24) is 4.90 Å². The molecule has 0 fully saturated rings. The largest absolute Gasteiger partial charge is 0.340 e. The van der Waals surface area contributed by atoms with Crippen molar-refractivity contribution >= 4 is 21.8 Å². The molecule has 4 heteroatoms. The van der Waals surface area contributed by atoms with E-state index in [2.05, 4.69) is 22.0 Å². The van der Waals surface area contributed by atoms with Gasteiger partial charge >= 0.3 is 0 Å². The molecule has 0 aliphatic heterocycles. The van der Waals surface area contributed by atoms with E-state index in [1.165, 1.54) is 0 Å². The van der Waals surface area contributed by atoms with E-state index in [-0.39, 0.29) is 5.91 Å². The fourth-order valence-electron chi connectivity index (χ4n) is 1.76. The summed E-state index contributed by atoms with van der Waals surface area (Å²) in [5.74, 6) is -0.627. The normalized spacial score (nSPS) is 11.7. The highest BCUT2D eigenvalue weighted by Gasteiger charge is 2.21. The van der Waals surface area contributed by atoms with Crippen LogP contribution in [0.3, 0.4) is 0 Å². The highest BCUT2D eigenvalue weighted by Crippen LogP contribution is 2.18. The van der Waals surface area contributed by atoms with Gasteiger partial charge in [0.1, 0.15) is 5.92 Å². The van der Waals surface area contributed by atoms with E-state index in [1.54, 1.807) is 11.9 Å². The minimum Gasteiger partial charge on any atom is -0.340 e. The van der Waals surface area contributed by atoms with Gasteiger partial charge in [-0.2, -0.15) is 5.26 Å². The molecule has 18 heavy (non-hydrogen) atoms. The van der Waals surface area contributed by atoms with Crippen LogP contribution >= 0.6 is 15.9 Å². The van der Waals surface area contributed by atoms with Crippen molar-refractivity contribution in [3.05, 3.63) is 34.3 Å². The molecule has 0 heterocycles. The van der Waals surface area contributed by atoms with Crippen LogP contribution in [0.2, 0.25) is 0 Å². The third-order valence-electron chi connectivity index (χ3n) is 2.77. The van der Waals surface area contributed by atoms with Gasteiger partial charge in [0.05, 0.1) is 6.07 Å². The Labute approximate surface area is 117 Å². The van der Waals surface area contributed by atoms with Gasteiger partial charge in [0, 0.05) is 18.1 Å². The maximum absolute atomic E-state index is 12.1. The summed E-state index contributed by atoms with van der Waals surface area (Å²) in [4.78, 5) is 13.7. The van der Waals surface area contributed by atoms with Crippen LogP contribution in [0.5, 0.6) is 0 Å². The van der Waals surface area contributed by atoms with Crippen molar-refractivity contribution in [1.29, 1.82) is 5.26 Å². The van der Waals surface area contributed by atoms with Gasteiger partial charge in [0.25, 0.3) is 0 Å². The number of hydrogen-bond donors (Lipinski definition) is 0. The summed E-state index contributed by atoms with van der Waals surface area (Å²) < 4.78 is 0.980. The molecule has 0 aliphatic carbocycles. The van der Waals surface area contributed by atoms with E-state index >= 15 is 0 Å². The monoisotopic (exact) mass is 308 g/mol. The summed E-state index contributed by atoms with van der Waals surface area (Å²) in [6.45, 7) is 2.49. The maximum Gasteiger partial charge on any atom is 0.239 e. The minimum absolute atomic E-state index is 0.102. The quantitative estimate of drug-likeness (QED) is 0.837. The van der Waals surface area contributed by atoms with Gasteiger partial charge in [-0.25, -0.2) is 0 Å². The minimum atomic E-state index is -0.525. The van der Waals surface area contributed by atoms with E-state index in [4.69, 9.17) is 5.26 Å². The topological polar surface area (TPSA) is 44.1 Å². The smallest absolute Gasteiger partial charge is 0.239 e. The molecule has 0 aliphatic rings. The van der Waals surface area contributed by atoms with Crippen LogP contribution in [0, 0.1) is 17.2 Å². The van der Waals surface area contributed by atoms with Crippen molar-refractivity contribution in [3.8, 4) is 6.07 Å². The van der Waals surface area contributed by atoms with E-state index in [0.29, 0.717) is 13.0 Å². The van der Waals surface area contributed by atoms with Gasteiger partial charge in [-0.15, -0.1) is 0 Å². The highest BCUT2D eigenvalue weighted by atomic mass is 79.9. The molecule has 0 saturated carbocycles. The Morgan fingerprint density at radius 3 is 2.72 bits per heavy atom. The number of carbonyl (C=O) groups is 1. The molecule has 0 aromatic heterocycles. The molecule has 0 bridgehead atoms. The third-order valence-corrected chi connectivity index (χ3v) is 3.55. The summed E-state index contributed by atoms with van der Waals surface area (Å²) in [5, 5.41) is 8.99. The molecule has 3 nitrogen and oxygen atoms in total. The lowest BCUT2D eigenvalue weighted by Gasteiger charge is -2.20. The second-order valence-electron chi connectivity index (χ2n) is 4.26. The first-order valence-corrected chi connectivity index (χ1v) is 6.77. The molecule has 0 N–H and O–H groups in total. The number of halogens is 1. The van der Waals surface area contributed by atoms with Crippen molar-refractivity contribution in [2.24, 2.45) is 5.92 Å². The SMILES string of the molecule is CCCC(C#N)C(=O)N(C)Cc1ccccc1Br. The second kappa shape index (κ2) is 7.17. The Kier molecular flexibility index (Phi) is 5.87. The first kappa shape index (κ1) is 14.7. The number of amides is 1. The highest BCUT2D eigenvalue weighted by molar-refractivity contribution is 9.10. The molecule has 1 rings (SSSR count). The molecule has 1 aromatic carbocycles. The average molecular weight is 309 g/mol. The van der Waals surface area contributed by atoms with Gasteiger partial charge in [-0.05, 0) is 18.1 Å². The molecule has 96 valence electrons. The van der Waals surface area contributed by atoms with Crippen LogP contribution < -0.4 is 0 Å². The van der Waals surface area contributed by atoms with Crippen molar-refractivity contribution in [2.45, 2.75) is 26.3 Å². The average Bonchev–Trinajstić information content (AvgIpc) is 2.37. The first-order chi connectivity index (χ1) is 8.60. The predicted octanol–water partition coefficient (Wildman–Crippen LogP) is 3.35. The summed E-state index contributed by atoms with van der Waals surface area (Å²) in [7, 11) is 1.74. The third kappa shape index (κ3) is 3.85. The maximum atomic E-state index is 12.1. The Morgan fingerprint density at radius 1 is 1.50 bits per heavy atom. The Morgan fingerprint density at radius 2 is 2.17 bits per heavy atom. The van der Waals surface area contributed by atoms with Crippen LogP contribution in [0.25, 0.3) is 0 Å². The summed E-state index contributed by atoms with van der Waals surface area (Å²) in [6, 6.07) is 9.87. The summed E-state index contributed by atoms with van der Waals surface area (Å²) in [5.41, 5.74) is 1.04. The molecule has 0 radical (unpaired) electrons. The number of rotatable bonds is 5. The molecular weight excluding hydrogens is 292 g/mol. The zero-order valence-corrected chi connectivity index (χ0v) is 12.3. The fourth-order valence-corrected chi connectivity index (χ4v) is 2.17. The molecule has 1 amide bonds. The lowest BCUT2D eigenvalue weighted by atomic mass is 10.0. The van der Waals surface area contributed by atoms with Crippen LogP contribution in [-0.4, -0.2) is 17.9 Å². The standard InChI is InChI=1S/C14H17BrN2O/c1-3-6-11(9-16)14(18)17(2)10-12-7-4-5-8-13(12)15/h4-5,7-8,11H,3,6,10H2,1-2H3. The van der Waals surface area contributed by atoms with Crippen LogP contribution in [0.1, 0.15) is 25.3 Å². The van der Waals surface area contributed by atoms with Gasteiger partial charge in [-0.1, -0.05) is 47.5 Å². The number of benzene rings is 1. The molecular formula is C14H17BrN2O. The Hall–Kier alpha value is -1.34. The Balaban J connectivity index is 2.71. The van der Waals surface area contributed by atoms with Crippen molar-refractivity contribution < 1.29 is 4.79 Å². The number of hydrogen-bond acceptors (Lipinski definition) is 2. The zero-order chi connectivity index (χ0) is 13.5. The van der Waals surface area contributed by atoms with E-state index < -0.39 is 5.92 Å². The predicted molar refractivity (Wildman–Crippen MR) is 74.6 cm³/mol. The van der Waals surface area contributed by atoms with Crippen molar-refractivity contribution in [2.75, 3.05) is 7.05 Å². The van der Waals surface area contributed by atoms with Gasteiger partial charge in [0.2, 0.25) is 5.91 Å². The number of nitriles is 1. The van der Waals surface area contributed by atoms with E-state index in [9.17, 15) is 4.79 Å².